The lowest BCUT2D eigenvalue weighted by Gasteiger charge is -2.16. The molecule has 4 heteroatoms. The zero-order valence-electron chi connectivity index (χ0n) is 14.8. The lowest BCUT2D eigenvalue weighted by atomic mass is 10.0. The van der Waals surface area contributed by atoms with Crippen molar-refractivity contribution in [1.29, 1.82) is 0 Å². The van der Waals surface area contributed by atoms with E-state index in [0.717, 1.165) is 29.5 Å². The number of aromatic hydroxyl groups is 1. The summed E-state index contributed by atoms with van der Waals surface area (Å²) >= 11 is 0. The minimum absolute atomic E-state index is 0.0173. The predicted octanol–water partition coefficient (Wildman–Crippen LogP) is 4.40. The first-order valence-corrected chi connectivity index (χ1v) is 8.99. The van der Waals surface area contributed by atoms with E-state index in [1.807, 2.05) is 25.1 Å². The molecule has 4 nitrogen and oxygen atoms in total. The van der Waals surface area contributed by atoms with Gasteiger partial charge in [-0.2, -0.15) is 0 Å². The van der Waals surface area contributed by atoms with Crippen LogP contribution in [0, 0.1) is 0 Å². The summed E-state index contributed by atoms with van der Waals surface area (Å²) in [6, 6.07) is 17.3. The molecule has 26 heavy (non-hydrogen) atoms. The second-order valence-electron chi connectivity index (χ2n) is 6.98. The number of amides is 2. The number of phenolic OH excluding ortho intramolecular Hbond substituents is 1. The Hall–Kier alpha value is -3.01. The first-order valence-electron chi connectivity index (χ1n) is 8.99. The molecule has 1 aliphatic carbocycles. The van der Waals surface area contributed by atoms with Crippen LogP contribution in [0.2, 0.25) is 0 Å². The van der Waals surface area contributed by atoms with Crippen molar-refractivity contribution in [1.82, 2.24) is 5.32 Å². The van der Waals surface area contributed by atoms with E-state index in [2.05, 4.69) is 34.9 Å². The molecule has 4 rings (SSSR count). The molecule has 0 saturated carbocycles. The van der Waals surface area contributed by atoms with Crippen LogP contribution >= 0.6 is 0 Å². The lowest BCUT2D eigenvalue weighted by molar-refractivity contribution is 0.249. The zero-order valence-corrected chi connectivity index (χ0v) is 14.8. The Morgan fingerprint density at radius 1 is 1.04 bits per heavy atom. The first kappa shape index (κ1) is 16.5. The van der Waals surface area contributed by atoms with Gasteiger partial charge in [0.25, 0.3) is 0 Å². The first-order chi connectivity index (χ1) is 12.6. The summed E-state index contributed by atoms with van der Waals surface area (Å²) in [5.74, 6) is 0.249. The van der Waals surface area contributed by atoms with E-state index < -0.39 is 0 Å². The molecule has 0 aromatic heterocycles. The highest BCUT2D eigenvalue weighted by atomic mass is 16.3. The van der Waals surface area contributed by atoms with Crippen molar-refractivity contribution in [2.24, 2.45) is 0 Å². The predicted molar refractivity (Wildman–Crippen MR) is 105 cm³/mol. The molecule has 132 valence electrons. The van der Waals surface area contributed by atoms with Gasteiger partial charge in [-0.25, -0.2) is 4.79 Å². The average molecular weight is 346 g/mol. The zero-order chi connectivity index (χ0) is 18.1. The number of anilines is 1. The van der Waals surface area contributed by atoms with Gasteiger partial charge in [0, 0.05) is 11.4 Å². The monoisotopic (exact) mass is 346 g/mol. The van der Waals surface area contributed by atoms with Gasteiger partial charge in [0.15, 0.2) is 0 Å². The Labute approximate surface area is 152 Å². The van der Waals surface area contributed by atoms with Crippen molar-refractivity contribution < 1.29 is 9.90 Å². The SMILES string of the molecule is CC(Cc1ccc(O)cc1)NC(=O)Nc1ccc2c3c(cccc13)CC2. The molecule has 0 bridgehead atoms. The van der Waals surface area contributed by atoms with Gasteiger partial charge in [-0.15, -0.1) is 0 Å². The van der Waals surface area contributed by atoms with E-state index in [1.165, 1.54) is 16.5 Å². The van der Waals surface area contributed by atoms with Gasteiger partial charge in [0.1, 0.15) is 5.75 Å². The minimum atomic E-state index is -0.199. The van der Waals surface area contributed by atoms with Crippen LogP contribution in [0.4, 0.5) is 10.5 Å². The number of carbonyl (C=O) groups excluding carboxylic acids is 1. The highest BCUT2D eigenvalue weighted by Crippen LogP contribution is 2.34. The number of hydrogen-bond donors (Lipinski definition) is 3. The Morgan fingerprint density at radius 2 is 1.77 bits per heavy atom. The molecule has 3 N–H and O–H groups in total. The normalized spacial score (nSPS) is 13.6. The third-order valence-electron chi connectivity index (χ3n) is 4.98. The van der Waals surface area contributed by atoms with Crippen LogP contribution in [-0.2, 0) is 19.3 Å². The van der Waals surface area contributed by atoms with Crippen molar-refractivity contribution in [3.63, 3.8) is 0 Å². The molecule has 0 aliphatic heterocycles. The van der Waals surface area contributed by atoms with Gasteiger partial charge < -0.3 is 15.7 Å². The molecule has 0 radical (unpaired) electrons. The van der Waals surface area contributed by atoms with Gasteiger partial charge in [0.2, 0.25) is 0 Å². The van der Waals surface area contributed by atoms with Crippen LogP contribution in [0.15, 0.2) is 54.6 Å². The molecule has 3 aromatic rings. The van der Waals surface area contributed by atoms with Crippen LogP contribution in [-0.4, -0.2) is 17.2 Å². The highest BCUT2D eigenvalue weighted by molar-refractivity contribution is 6.04. The summed E-state index contributed by atoms with van der Waals surface area (Å²) in [6.07, 6.45) is 2.86. The van der Waals surface area contributed by atoms with Gasteiger partial charge >= 0.3 is 6.03 Å². The van der Waals surface area contributed by atoms with Gasteiger partial charge in [0.05, 0.1) is 5.69 Å². The number of hydrogen-bond acceptors (Lipinski definition) is 2. The van der Waals surface area contributed by atoms with Crippen molar-refractivity contribution in [2.45, 2.75) is 32.2 Å². The van der Waals surface area contributed by atoms with E-state index in [1.54, 1.807) is 12.1 Å². The average Bonchev–Trinajstić information content (AvgIpc) is 3.04. The molecule has 0 spiro atoms. The van der Waals surface area contributed by atoms with Crippen molar-refractivity contribution in [3.05, 3.63) is 71.3 Å². The summed E-state index contributed by atoms with van der Waals surface area (Å²) in [5, 5.41) is 17.7. The van der Waals surface area contributed by atoms with Gasteiger partial charge in [-0.1, -0.05) is 36.4 Å². The Kier molecular flexibility index (Phi) is 4.25. The van der Waals surface area contributed by atoms with E-state index >= 15 is 0 Å². The van der Waals surface area contributed by atoms with E-state index in [-0.39, 0.29) is 17.8 Å². The molecule has 0 fully saturated rings. The molecular formula is C22H22N2O2. The molecular weight excluding hydrogens is 324 g/mol. The molecule has 1 atom stereocenters. The van der Waals surface area contributed by atoms with E-state index in [9.17, 15) is 9.90 Å². The lowest BCUT2D eigenvalue weighted by Crippen LogP contribution is -2.37. The number of urea groups is 1. The number of rotatable bonds is 4. The molecule has 0 heterocycles. The summed E-state index contributed by atoms with van der Waals surface area (Å²) in [5.41, 5.74) is 4.65. The standard InChI is InChI=1S/C22H22N2O2/c1-14(13-15-5-10-18(25)11-6-15)23-22(26)24-20-12-9-17-8-7-16-3-2-4-19(20)21(16)17/h2-6,9-12,14,25H,7-8,13H2,1H3,(H2,23,24,26). The maximum atomic E-state index is 12.4. The molecule has 1 unspecified atom stereocenters. The summed E-state index contributed by atoms with van der Waals surface area (Å²) in [4.78, 5) is 12.4. The maximum absolute atomic E-state index is 12.4. The molecule has 1 aliphatic rings. The number of carbonyl (C=O) groups is 1. The van der Waals surface area contributed by atoms with Crippen LogP contribution in [0.5, 0.6) is 5.75 Å². The van der Waals surface area contributed by atoms with Crippen molar-refractivity contribution >= 4 is 22.5 Å². The largest absolute Gasteiger partial charge is 0.508 e. The van der Waals surface area contributed by atoms with Gasteiger partial charge in [-0.05, 0) is 66.5 Å². The second-order valence-corrected chi connectivity index (χ2v) is 6.98. The third kappa shape index (κ3) is 3.23. The topological polar surface area (TPSA) is 61.4 Å². The fraction of sp³-hybridized carbons (Fsp3) is 0.227. The number of benzene rings is 3. The van der Waals surface area contributed by atoms with Gasteiger partial charge in [-0.3, -0.25) is 0 Å². The number of nitrogens with one attached hydrogen (secondary N) is 2. The van der Waals surface area contributed by atoms with Crippen LogP contribution < -0.4 is 10.6 Å². The van der Waals surface area contributed by atoms with Crippen molar-refractivity contribution in [3.8, 4) is 5.75 Å². The maximum Gasteiger partial charge on any atom is 0.319 e. The Bertz CT molecular complexity index is 954. The fourth-order valence-electron chi connectivity index (χ4n) is 3.77. The molecule has 2 amide bonds. The summed E-state index contributed by atoms with van der Waals surface area (Å²) in [6.45, 7) is 1.97. The molecule has 0 saturated heterocycles. The number of phenols is 1. The minimum Gasteiger partial charge on any atom is -0.508 e. The van der Waals surface area contributed by atoms with Crippen molar-refractivity contribution in [2.75, 3.05) is 5.32 Å². The van der Waals surface area contributed by atoms with Crippen LogP contribution in [0.3, 0.4) is 0 Å². The van der Waals surface area contributed by atoms with E-state index in [0.29, 0.717) is 6.42 Å². The third-order valence-corrected chi connectivity index (χ3v) is 4.98. The summed E-state index contributed by atoms with van der Waals surface area (Å²) in [7, 11) is 0. The Balaban J connectivity index is 1.45. The smallest absolute Gasteiger partial charge is 0.319 e. The molecule has 3 aromatic carbocycles. The Morgan fingerprint density at radius 3 is 2.54 bits per heavy atom. The van der Waals surface area contributed by atoms with Crippen LogP contribution in [0.25, 0.3) is 10.8 Å². The quantitative estimate of drug-likeness (QED) is 0.656. The fourth-order valence-corrected chi connectivity index (χ4v) is 3.77. The van der Waals surface area contributed by atoms with E-state index in [4.69, 9.17) is 0 Å². The van der Waals surface area contributed by atoms with Crippen LogP contribution in [0.1, 0.15) is 23.6 Å². The second kappa shape index (κ2) is 6.71. The summed E-state index contributed by atoms with van der Waals surface area (Å²) < 4.78 is 0. The number of aryl methyl sites for hydroxylation is 2. The highest BCUT2D eigenvalue weighted by Gasteiger charge is 2.17.